The topological polar surface area (TPSA) is 12.0 Å². The van der Waals surface area contributed by atoms with E-state index in [9.17, 15) is 4.39 Å². The van der Waals surface area contributed by atoms with Crippen molar-refractivity contribution in [2.75, 3.05) is 6.54 Å². The highest BCUT2D eigenvalue weighted by Gasteiger charge is 2.13. The second kappa shape index (κ2) is 6.70. The van der Waals surface area contributed by atoms with Crippen LogP contribution in [0.25, 0.3) is 10.1 Å². The van der Waals surface area contributed by atoms with Crippen molar-refractivity contribution in [3.63, 3.8) is 0 Å². The van der Waals surface area contributed by atoms with Gasteiger partial charge in [-0.05, 0) is 43.0 Å². The molecule has 0 aliphatic rings. The maximum atomic E-state index is 13.2. The second-order valence-corrected chi connectivity index (χ2v) is 5.70. The minimum absolute atomic E-state index is 0.178. The van der Waals surface area contributed by atoms with Crippen molar-refractivity contribution in [1.82, 2.24) is 5.32 Å². The molecule has 1 aromatic heterocycles. The number of thiophene rings is 1. The fourth-order valence-corrected chi connectivity index (χ4v) is 3.29. The summed E-state index contributed by atoms with van der Waals surface area (Å²) < 4.78 is 14.2. The SMILES string of the molecule is C#CCCC(NCCC)c1cc2ccc(F)cc2s1. The smallest absolute Gasteiger partial charge is 0.124 e. The lowest BCUT2D eigenvalue weighted by atomic mass is 10.1. The van der Waals surface area contributed by atoms with Gasteiger partial charge < -0.3 is 5.32 Å². The van der Waals surface area contributed by atoms with Gasteiger partial charge in [-0.3, -0.25) is 0 Å². The van der Waals surface area contributed by atoms with Gasteiger partial charge in [0, 0.05) is 22.0 Å². The van der Waals surface area contributed by atoms with E-state index in [2.05, 4.69) is 24.2 Å². The average molecular weight is 275 g/mol. The summed E-state index contributed by atoms with van der Waals surface area (Å²) in [7, 11) is 0. The first-order valence-electron chi connectivity index (χ1n) is 6.60. The fraction of sp³-hybridized carbons (Fsp3) is 0.375. The van der Waals surface area contributed by atoms with Crippen LogP contribution in [-0.4, -0.2) is 6.54 Å². The summed E-state index contributed by atoms with van der Waals surface area (Å²) in [5.74, 6) is 2.51. The van der Waals surface area contributed by atoms with Crippen LogP contribution in [0.3, 0.4) is 0 Å². The standard InChI is InChI=1S/C16H18FNS/c1-3-5-6-14(18-9-4-2)16-10-12-7-8-13(17)11-15(12)19-16/h1,7-8,10-11,14,18H,4-6,9H2,2H3. The lowest BCUT2D eigenvalue weighted by Gasteiger charge is -2.15. The quantitative estimate of drug-likeness (QED) is 0.766. The van der Waals surface area contributed by atoms with E-state index >= 15 is 0 Å². The molecule has 1 nitrogen and oxygen atoms in total. The Morgan fingerprint density at radius 1 is 1.42 bits per heavy atom. The van der Waals surface area contributed by atoms with Crippen LogP contribution in [0.2, 0.25) is 0 Å². The van der Waals surface area contributed by atoms with Gasteiger partial charge in [-0.15, -0.1) is 23.7 Å². The monoisotopic (exact) mass is 275 g/mol. The number of fused-ring (bicyclic) bond motifs is 1. The molecule has 1 aromatic carbocycles. The number of hydrogen-bond acceptors (Lipinski definition) is 2. The highest BCUT2D eigenvalue weighted by molar-refractivity contribution is 7.19. The van der Waals surface area contributed by atoms with E-state index in [0.717, 1.165) is 35.9 Å². The average Bonchev–Trinajstić information content (AvgIpc) is 2.81. The van der Waals surface area contributed by atoms with Gasteiger partial charge in [0.1, 0.15) is 5.82 Å². The number of hydrogen-bond donors (Lipinski definition) is 1. The molecular formula is C16H18FNS. The molecule has 0 fully saturated rings. The van der Waals surface area contributed by atoms with Crippen LogP contribution in [0.4, 0.5) is 4.39 Å². The molecule has 0 aliphatic carbocycles. The van der Waals surface area contributed by atoms with Crippen molar-refractivity contribution in [2.45, 2.75) is 32.2 Å². The molecule has 0 amide bonds. The Balaban J connectivity index is 2.24. The molecule has 0 saturated carbocycles. The van der Waals surface area contributed by atoms with Gasteiger partial charge in [0.2, 0.25) is 0 Å². The molecule has 0 spiro atoms. The van der Waals surface area contributed by atoms with Crippen LogP contribution in [-0.2, 0) is 0 Å². The predicted molar refractivity (Wildman–Crippen MR) is 80.9 cm³/mol. The Bertz CT molecular complexity index is 582. The first-order valence-corrected chi connectivity index (χ1v) is 7.42. The Morgan fingerprint density at radius 3 is 3.00 bits per heavy atom. The third-order valence-corrected chi connectivity index (χ3v) is 4.27. The van der Waals surface area contributed by atoms with E-state index in [0.29, 0.717) is 0 Å². The summed E-state index contributed by atoms with van der Waals surface area (Å²) in [6.07, 6.45) is 8.12. The van der Waals surface area contributed by atoms with Gasteiger partial charge >= 0.3 is 0 Å². The van der Waals surface area contributed by atoms with Crippen molar-refractivity contribution in [1.29, 1.82) is 0 Å². The van der Waals surface area contributed by atoms with Gasteiger partial charge in [-0.2, -0.15) is 0 Å². The summed E-state index contributed by atoms with van der Waals surface area (Å²) in [4.78, 5) is 1.24. The van der Waals surface area contributed by atoms with Crippen LogP contribution in [0.15, 0.2) is 24.3 Å². The first kappa shape index (κ1) is 14.0. The summed E-state index contributed by atoms with van der Waals surface area (Å²) >= 11 is 1.65. The number of terminal acetylenes is 1. The van der Waals surface area contributed by atoms with Gasteiger partial charge in [-0.25, -0.2) is 4.39 Å². The van der Waals surface area contributed by atoms with Gasteiger partial charge in [0.25, 0.3) is 0 Å². The van der Waals surface area contributed by atoms with E-state index in [1.807, 2.05) is 6.07 Å². The van der Waals surface area contributed by atoms with Crippen LogP contribution in [0, 0.1) is 18.2 Å². The molecule has 19 heavy (non-hydrogen) atoms. The summed E-state index contributed by atoms with van der Waals surface area (Å²) in [6, 6.07) is 7.36. The lowest BCUT2D eigenvalue weighted by Crippen LogP contribution is -2.21. The zero-order valence-electron chi connectivity index (χ0n) is 11.1. The molecule has 0 aliphatic heterocycles. The predicted octanol–water partition coefficient (Wildman–Crippen LogP) is 4.49. The Hall–Kier alpha value is -1.37. The Kier molecular flexibility index (Phi) is 4.95. The molecule has 0 saturated heterocycles. The largest absolute Gasteiger partial charge is 0.309 e. The Morgan fingerprint density at radius 2 is 2.26 bits per heavy atom. The van der Waals surface area contributed by atoms with Crippen molar-refractivity contribution in [2.24, 2.45) is 0 Å². The molecule has 1 unspecified atom stereocenters. The normalized spacial score (nSPS) is 12.5. The summed E-state index contributed by atoms with van der Waals surface area (Å²) in [6.45, 7) is 3.11. The van der Waals surface area contributed by atoms with E-state index in [1.54, 1.807) is 17.4 Å². The van der Waals surface area contributed by atoms with E-state index in [-0.39, 0.29) is 11.9 Å². The van der Waals surface area contributed by atoms with E-state index < -0.39 is 0 Å². The zero-order chi connectivity index (χ0) is 13.7. The van der Waals surface area contributed by atoms with Crippen LogP contribution < -0.4 is 5.32 Å². The highest BCUT2D eigenvalue weighted by Crippen LogP contribution is 2.32. The number of rotatable bonds is 6. The van der Waals surface area contributed by atoms with Crippen LogP contribution in [0.5, 0.6) is 0 Å². The molecule has 0 bridgehead atoms. The first-order chi connectivity index (χ1) is 9.24. The zero-order valence-corrected chi connectivity index (χ0v) is 11.9. The molecule has 100 valence electrons. The van der Waals surface area contributed by atoms with Crippen LogP contribution in [0.1, 0.15) is 37.1 Å². The van der Waals surface area contributed by atoms with E-state index in [1.165, 1.54) is 10.9 Å². The minimum Gasteiger partial charge on any atom is -0.309 e. The third-order valence-electron chi connectivity index (χ3n) is 3.06. The number of benzene rings is 1. The third kappa shape index (κ3) is 3.56. The molecule has 3 heteroatoms. The van der Waals surface area contributed by atoms with E-state index in [4.69, 9.17) is 6.42 Å². The molecule has 1 N–H and O–H groups in total. The molecule has 0 radical (unpaired) electrons. The van der Waals surface area contributed by atoms with Crippen molar-refractivity contribution in [3.8, 4) is 12.3 Å². The summed E-state index contributed by atoms with van der Waals surface area (Å²) in [5.41, 5.74) is 0. The summed E-state index contributed by atoms with van der Waals surface area (Å²) in [5, 5.41) is 4.62. The van der Waals surface area contributed by atoms with Crippen molar-refractivity contribution >= 4 is 21.4 Å². The number of nitrogens with one attached hydrogen (secondary N) is 1. The fourth-order valence-electron chi connectivity index (χ4n) is 2.09. The van der Waals surface area contributed by atoms with Gasteiger partial charge in [0.05, 0.1) is 0 Å². The van der Waals surface area contributed by atoms with Gasteiger partial charge in [0.15, 0.2) is 0 Å². The van der Waals surface area contributed by atoms with Crippen molar-refractivity contribution in [3.05, 3.63) is 35.0 Å². The molecule has 2 aromatic rings. The lowest BCUT2D eigenvalue weighted by molar-refractivity contribution is 0.513. The second-order valence-electron chi connectivity index (χ2n) is 4.58. The minimum atomic E-state index is -0.178. The Labute approximate surface area is 117 Å². The number of halogens is 1. The van der Waals surface area contributed by atoms with Crippen molar-refractivity contribution < 1.29 is 4.39 Å². The van der Waals surface area contributed by atoms with Crippen LogP contribution >= 0.6 is 11.3 Å². The maximum absolute atomic E-state index is 13.2. The van der Waals surface area contributed by atoms with Gasteiger partial charge in [-0.1, -0.05) is 13.0 Å². The molecule has 1 atom stereocenters. The molecule has 2 rings (SSSR count). The highest BCUT2D eigenvalue weighted by atomic mass is 32.1. The maximum Gasteiger partial charge on any atom is 0.124 e. The molecule has 1 heterocycles. The molecular weight excluding hydrogens is 257 g/mol.